The Morgan fingerprint density at radius 3 is 2.13 bits per heavy atom. The van der Waals surface area contributed by atoms with Gasteiger partial charge in [-0.2, -0.15) is 0 Å². The number of hydrogen-bond acceptors (Lipinski definition) is 0. The van der Waals surface area contributed by atoms with Gasteiger partial charge in [0.25, 0.3) is 0 Å². The topological polar surface area (TPSA) is 0 Å². The predicted molar refractivity (Wildman–Crippen MR) is 64.3 cm³/mol. The van der Waals surface area contributed by atoms with Crippen LogP contribution in [0.15, 0.2) is 46.9 Å². The first kappa shape index (κ1) is 10.4. The van der Waals surface area contributed by atoms with Crippen LogP contribution in [0, 0.1) is 12.7 Å². The lowest BCUT2D eigenvalue weighted by Gasteiger charge is -2.03. The second-order valence-corrected chi connectivity index (χ2v) is 4.39. The summed E-state index contributed by atoms with van der Waals surface area (Å²) in [6.07, 6.45) is 0. The van der Waals surface area contributed by atoms with Gasteiger partial charge in [-0.05, 0) is 41.8 Å². The number of benzene rings is 2. The third kappa shape index (κ3) is 2.26. The summed E-state index contributed by atoms with van der Waals surface area (Å²) in [4.78, 5) is 0. The van der Waals surface area contributed by atoms with Gasteiger partial charge in [-0.1, -0.05) is 40.2 Å². The van der Waals surface area contributed by atoms with Crippen molar-refractivity contribution in [2.75, 3.05) is 0 Å². The minimum atomic E-state index is -0.157. The molecule has 0 atom stereocenters. The maximum atomic E-state index is 13.3. The average Bonchev–Trinajstić information content (AvgIpc) is 2.23. The van der Waals surface area contributed by atoms with Crippen molar-refractivity contribution >= 4 is 15.9 Å². The maximum absolute atomic E-state index is 13.3. The molecule has 0 N–H and O–H groups in total. The molecule has 15 heavy (non-hydrogen) atoms. The van der Waals surface area contributed by atoms with E-state index in [0.29, 0.717) is 5.56 Å². The van der Waals surface area contributed by atoms with Crippen molar-refractivity contribution in [3.05, 3.63) is 58.3 Å². The van der Waals surface area contributed by atoms with Crippen LogP contribution in [0.5, 0.6) is 0 Å². The molecule has 0 fully saturated rings. The molecule has 0 saturated carbocycles. The fourth-order valence-corrected chi connectivity index (χ4v) is 1.68. The molecular weight excluding hydrogens is 255 g/mol. The van der Waals surface area contributed by atoms with Crippen molar-refractivity contribution in [1.82, 2.24) is 0 Å². The Bertz CT molecular complexity index is 474. The zero-order chi connectivity index (χ0) is 10.8. The average molecular weight is 265 g/mol. The van der Waals surface area contributed by atoms with Gasteiger partial charge in [0, 0.05) is 4.47 Å². The van der Waals surface area contributed by atoms with Gasteiger partial charge in [0.1, 0.15) is 5.82 Å². The minimum Gasteiger partial charge on any atom is -0.207 e. The fourth-order valence-electron chi connectivity index (χ4n) is 1.41. The van der Waals surface area contributed by atoms with Crippen molar-refractivity contribution in [2.24, 2.45) is 0 Å². The summed E-state index contributed by atoms with van der Waals surface area (Å²) in [7, 11) is 0. The molecule has 0 heterocycles. The maximum Gasteiger partial charge on any atom is 0.126 e. The molecule has 2 aromatic carbocycles. The summed E-state index contributed by atoms with van der Waals surface area (Å²) >= 11 is 3.37. The molecule has 0 aliphatic carbocycles. The first-order valence-electron chi connectivity index (χ1n) is 4.69. The molecule has 0 unspecified atom stereocenters. The molecule has 2 aromatic rings. The second-order valence-electron chi connectivity index (χ2n) is 3.47. The van der Waals surface area contributed by atoms with Gasteiger partial charge in [0.2, 0.25) is 0 Å². The molecular formula is C13H10BrF. The molecule has 2 rings (SSSR count). The highest BCUT2D eigenvalue weighted by Gasteiger charge is 2.01. The zero-order valence-corrected chi connectivity index (χ0v) is 9.88. The lowest BCUT2D eigenvalue weighted by Crippen LogP contribution is -1.84. The Morgan fingerprint density at radius 2 is 1.53 bits per heavy atom. The Morgan fingerprint density at radius 1 is 0.933 bits per heavy atom. The second kappa shape index (κ2) is 4.15. The molecule has 0 nitrogen and oxygen atoms in total. The summed E-state index contributed by atoms with van der Waals surface area (Å²) in [5, 5.41) is 0. The third-order valence-electron chi connectivity index (χ3n) is 2.35. The Labute approximate surface area is 96.9 Å². The van der Waals surface area contributed by atoms with E-state index in [1.165, 1.54) is 0 Å². The summed E-state index contributed by atoms with van der Waals surface area (Å²) in [6, 6.07) is 13.1. The first-order valence-corrected chi connectivity index (χ1v) is 5.48. The minimum absolute atomic E-state index is 0.157. The van der Waals surface area contributed by atoms with Gasteiger partial charge in [-0.25, -0.2) is 4.39 Å². The highest BCUT2D eigenvalue weighted by Crippen LogP contribution is 2.23. The van der Waals surface area contributed by atoms with Crippen LogP contribution in [-0.2, 0) is 0 Å². The summed E-state index contributed by atoms with van der Waals surface area (Å²) < 4.78 is 14.4. The molecule has 0 radical (unpaired) electrons. The quantitative estimate of drug-likeness (QED) is 0.708. The summed E-state index contributed by atoms with van der Waals surface area (Å²) in [5.41, 5.74) is 2.61. The lowest BCUT2D eigenvalue weighted by molar-refractivity contribution is 0.619. The van der Waals surface area contributed by atoms with Crippen LogP contribution in [0.25, 0.3) is 11.1 Å². The van der Waals surface area contributed by atoms with E-state index in [1.807, 2.05) is 30.3 Å². The van der Waals surface area contributed by atoms with E-state index in [4.69, 9.17) is 0 Å². The summed E-state index contributed by atoms with van der Waals surface area (Å²) in [6.45, 7) is 1.76. The van der Waals surface area contributed by atoms with E-state index in [9.17, 15) is 4.39 Å². The van der Waals surface area contributed by atoms with Crippen molar-refractivity contribution in [3.63, 3.8) is 0 Å². The van der Waals surface area contributed by atoms with Crippen molar-refractivity contribution < 1.29 is 4.39 Å². The predicted octanol–water partition coefficient (Wildman–Crippen LogP) is 4.56. The van der Waals surface area contributed by atoms with Gasteiger partial charge >= 0.3 is 0 Å². The smallest absolute Gasteiger partial charge is 0.126 e. The number of hydrogen-bond donors (Lipinski definition) is 0. The Kier molecular flexibility index (Phi) is 2.87. The molecule has 0 spiro atoms. The molecule has 76 valence electrons. The monoisotopic (exact) mass is 264 g/mol. The first-order chi connectivity index (χ1) is 7.16. The molecule has 2 heteroatoms. The molecule has 0 aromatic heterocycles. The normalized spacial score (nSPS) is 10.3. The number of aryl methyl sites for hydroxylation is 1. The highest BCUT2D eigenvalue weighted by atomic mass is 79.9. The van der Waals surface area contributed by atoms with Crippen molar-refractivity contribution in [2.45, 2.75) is 6.92 Å². The van der Waals surface area contributed by atoms with Gasteiger partial charge in [-0.15, -0.1) is 0 Å². The fraction of sp³-hybridized carbons (Fsp3) is 0.0769. The van der Waals surface area contributed by atoms with E-state index >= 15 is 0 Å². The molecule has 0 bridgehead atoms. The zero-order valence-electron chi connectivity index (χ0n) is 8.30. The van der Waals surface area contributed by atoms with Crippen LogP contribution < -0.4 is 0 Å². The molecule has 0 amide bonds. The SMILES string of the molecule is Cc1ccc(-c2ccc(Br)cc2)cc1F. The van der Waals surface area contributed by atoms with E-state index < -0.39 is 0 Å². The van der Waals surface area contributed by atoms with E-state index in [-0.39, 0.29) is 5.82 Å². The Hall–Kier alpha value is -1.15. The largest absolute Gasteiger partial charge is 0.207 e. The number of halogens is 2. The van der Waals surface area contributed by atoms with E-state index in [2.05, 4.69) is 15.9 Å². The van der Waals surface area contributed by atoms with E-state index in [0.717, 1.165) is 15.6 Å². The summed E-state index contributed by atoms with van der Waals surface area (Å²) in [5.74, 6) is -0.157. The third-order valence-corrected chi connectivity index (χ3v) is 2.88. The van der Waals surface area contributed by atoms with Crippen LogP contribution in [0.3, 0.4) is 0 Å². The van der Waals surface area contributed by atoms with Gasteiger partial charge in [0.05, 0.1) is 0 Å². The van der Waals surface area contributed by atoms with Gasteiger partial charge < -0.3 is 0 Å². The van der Waals surface area contributed by atoms with Crippen molar-refractivity contribution in [1.29, 1.82) is 0 Å². The van der Waals surface area contributed by atoms with Crippen LogP contribution >= 0.6 is 15.9 Å². The molecule has 0 aliphatic rings. The molecule has 0 saturated heterocycles. The van der Waals surface area contributed by atoms with Gasteiger partial charge in [-0.3, -0.25) is 0 Å². The van der Waals surface area contributed by atoms with Crippen molar-refractivity contribution in [3.8, 4) is 11.1 Å². The lowest BCUT2D eigenvalue weighted by atomic mass is 10.0. The highest BCUT2D eigenvalue weighted by molar-refractivity contribution is 9.10. The standard InChI is InChI=1S/C13H10BrF/c1-9-2-3-11(8-13(9)15)10-4-6-12(14)7-5-10/h2-8H,1H3. The van der Waals surface area contributed by atoms with Crippen LogP contribution in [0.4, 0.5) is 4.39 Å². The number of rotatable bonds is 1. The van der Waals surface area contributed by atoms with Crippen LogP contribution in [-0.4, -0.2) is 0 Å². The van der Waals surface area contributed by atoms with Gasteiger partial charge in [0.15, 0.2) is 0 Å². The molecule has 0 aliphatic heterocycles. The Balaban J connectivity index is 2.45. The van der Waals surface area contributed by atoms with Crippen LogP contribution in [0.2, 0.25) is 0 Å². The van der Waals surface area contributed by atoms with Crippen LogP contribution in [0.1, 0.15) is 5.56 Å². The van der Waals surface area contributed by atoms with E-state index in [1.54, 1.807) is 19.1 Å².